The monoisotopic (exact) mass is 251 g/mol. The van der Waals surface area contributed by atoms with E-state index >= 15 is 0 Å². The maximum absolute atomic E-state index is 6.03. The summed E-state index contributed by atoms with van der Waals surface area (Å²) in [6, 6.07) is 4.61. The van der Waals surface area contributed by atoms with E-state index < -0.39 is 0 Å². The van der Waals surface area contributed by atoms with Gasteiger partial charge in [-0.3, -0.25) is 0 Å². The van der Waals surface area contributed by atoms with Crippen LogP contribution >= 0.6 is 11.8 Å². The summed E-state index contributed by atoms with van der Waals surface area (Å²) in [5.74, 6) is 2.24. The van der Waals surface area contributed by atoms with Crippen molar-refractivity contribution in [1.82, 2.24) is 4.98 Å². The van der Waals surface area contributed by atoms with Crippen LogP contribution in [0.1, 0.15) is 32.4 Å². The Morgan fingerprint density at radius 1 is 1.53 bits per heavy atom. The lowest BCUT2D eigenvalue weighted by Gasteiger charge is -2.39. The molecule has 2 N–H and O–H groups in total. The van der Waals surface area contributed by atoms with Crippen molar-refractivity contribution in [2.75, 3.05) is 17.2 Å². The van der Waals surface area contributed by atoms with Crippen LogP contribution in [0.3, 0.4) is 0 Å². The van der Waals surface area contributed by atoms with Crippen molar-refractivity contribution in [3.63, 3.8) is 0 Å². The van der Waals surface area contributed by atoms with E-state index in [2.05, 4.69) is 29.8 Å². The van der Waals surface area contributed by atoms with Crippen LogP contribution < -0.4 is 10.6 Å². The molecule has 17 heavy (non-hydrogen) atoms. The van der Waals surface area contributed by atoms with Crippen molar-refractivity contribution < 1.29 is 0 Å². The molecule has 0 aliphatic carbocycles. The van der Waals surface area contributed by atoms with Crippen molar-refractivity contribution in [3.05, 3.63) is 23.9 Å². The Bertz CT molecular complexity index is 381. The molecule has 1 aromatic rings. The summed E-state index contributed by atoms with van der Waals surface area (Å²) in [4.78, 5) is 6.95. The molecule has 3 unspecified atom stereocenters. The molecular weight excluding hydrogens is 230 g/mol. The van der Waals surface area contributed by atoms with Gasteiger partial charge in [-0.15, -0.1) is 0 Å². The summed E-state index contributed by atoms with van der Waals surface area (Å²) in [6.07, 6.45) is 1.86. The number of aromatic nitrogens is 1. The summed E-state index contributed by atoms with van der Waals surface area (Å²) in [5.41, 5.74) is 7.18. The van der Waals surface area contributed by atoms with Gasteiger partial charge in [0, 0.05) is 41.4 Å². The first-order valence-electron chi connectivity index (χ1n) is 6.20. The Labute approximate surface area is 108 Å². The van der Waals surface area contributed by atoms with E-state index in [-0.39, 0.29) is 6.04 Å². The molecule has 2 heterocycles. The molecule has 0 bridgehead atoms. The minimum absolute atomic E-state index is 0.0378. The van der Waals surface area contributed by atoms with Gasteiger partial charge < -0.3 is 10.6 Å². The quantitative estimate of drug-likeness (QED) is 0.876. The van der Waals surface area contributed by atoms with Gasteiger partial charge in [0.25, 0.3) is 0 Å². The van der Waals surface area contributed by atoms with Crippen molar-refractivity contribution in [2.24, 2.45) is 5.73 Å². The van der Waals surface area contributed by atoms with Crippen molar-refractivity contribution in [2.45, 2.75) is 38.1 Å². The molecule has 1 fully saturated rings. The van der Waals surface area contributed by atoms with E-state index in [1.54, 1.807) is 0 Å². The molecule has 1 aromatic heterocycles. The molecule has 0 saturated carbocycles. The molecule has 0 amide bonds. The van der Waals surface area contributed by atoms with Gasteiger partial charge in [-0.25, -0.2) is 4.98 Å². The lowest BCUT2D eigenvalue weighted by Crippen LogP contribution is -2.45. The average Bonchev–Trinajstić information content (AvgIpc) is 2.33. The Balaban J connectivity index is 2.32. The second-order valence-corrected chi connectivity index (χ2v) is 6.20. The number of pyridine rings is 1. The van der Waals surface area contributed by atoms with Crippen LogP contribution in [-0.4, -0.2) is 28.6 Å². The summed E-state index contributed by atoms with van der Waals surface area (Å²) in [7, 11) is 0. The molecule has 3 atom stereocenters. The third-order valence-electron chi connectivity index (χ3n) is 3.46. The van der Waals surface area contributed by atoms with E-state index in [0.717, 1.165) is 17.9 Å². The molecule has 1 aliphatic rings. The van der Waals surface area contributed by atoms with Crippen LogP contribution in [0.15, 0.2) is 18.3 Å². The fourth-order valence-corrected chi connectivity index (χ4v) is 3.34. The van der Waals surface area contributed by atoms with Crippen LogP contribution in [0.25, 0.3) is 0 Å². The van der Waals surface area contributed by atoms with Crippen LogP contribution in [-0.2, 0) is 0 Å². The maximum Gasteiger partial charge on any atom is 0.133 e. The first kappa shape index (κ1) is 12.7. The largest absolute Gasteiger partial charge is 0.352 e. The van der Waals surface area contributed by atoms with Gasteiger partial charge in [0.15, 0.2) is 0 Å². The highest BCUT2D eigenvalue weighted by molar-refractivity contribution is 8.00. The Morgan fingerprint density at radius 3 is 3.00 bits per heavy atom. The third-order valence-corrected chi connectivity index (χ3v) is 4.80. The second-order valence-electron chi connectivity index (χ2n) is 4.71. The molecule has 1 saturated heterocycles. The van der Waals surface area contributed by atoms with Crippen LogP contribution in [0, 0.1) is 0 Å². The number of hydrogen-bond acceptors (Lipinski definition) is 4. The number of nitrogens with zero attached hydrogens (tertiary/aromatic N) is 2. The van der Waals surface area contributed by atoms with E-state index in [0.29, 0.717) is 11.3 Å². The lowest BCUT2D eigenvalue weighted by molar-refractivity contribution is 0.613. The topological polar surface area (TPSA) is 42.1 Å². The van der Waals surface area contributed by atoms with Crippen LogP contribution in [0.2, 0.25) is 0 Å². The van der Waals surface area contributed by atoms with E-state index in [1.165, 1.54) is 5.75 Å². The summed E-state index contributed by atoms with van der Waals surface area (Å²) in [5, 5.41) is 0.645. The van der Waals surface area contributed by atoms with Gasteiger partial charge in [0.2, 0.25) is 0 Å². The standard InChI is InChI=1S/C13H21N3S/c1-9(14)12-5-4-6-15-13(12)16-7-8-17-11(3)10(16)2/h4-6,9-11H,7-8,14H2,1-3H3. The number of nitrogens with two attached hydrogens (primary N) is 1. The highest BCUT2D eigenvalue weighted by Crippen LogP contribution is 2.31. The van der Waals surface area contributed by atoms with Crippen LogP contribution in [0.4, 0.5) is 5.82 Å². The first-order chi connectivity index (χ1) is 8.11. The third kappa shape index (κ3) is 2.58. The zero-order valence-corrected chi connectivity index (χ0v) is 11.6. The van der Waals surface area contributed by atoms with E-state index in [9.17, 15) is 0 Å². The number of thioether (sulfide) groups is 1. The van der Waals surface area contributed by atoms with E-state index in [4.69, 9.17) is 5.73 Å². The van der Waals surface area contributed by atoms with Crippen molar-refractivity contribution in [3.8, 4) is 0 Å². The maximum atomic E-state index is 6.03. The molecular formula is C13H21N3S. The van der Waals surface area contributed by atoms with Gasteiger partial charge in [-0.2, -0.15) is 11.8 Å². The molecule has 2 rings (SSSR count). The Kier molecular flexibility index (Phi) is 3.94. The van der Waals surface area contributed by atoms with Gasteiger partial charge in [0.1, 0.15) is 5.82 Å². The Hall–Kier alpha value is -0.740. The summed E-state index contributed by atoms with van der Waals surface area (Å²) >= 11 is 2.04. The highest BCUT2D eigenvalue weighted by atomic mass is 32.2. The van der Waals surface area contributed by atoms with Gasteiger partial charge in [-0.1, -0.05) is 13.0 Å². The minimum atomic E-state index is 0.0378. The molecule has 4 heteroatoms. The molecule has 0 spiro atoms. The molecule has 94 valence electrons. The van der Waals surface area contributed by atoms with Crippen molar-refractivity contribution >= 4 is 17.6 Å². The predicted octanol–water partition coefficient (Wildman–Crippen LogP) is 2.43. The van der Waals surface area contributed by atoms with Gasteiger partial charge >= 0.3 is 0 Å². The summed E-state index contributed by atoms with van der Waals surface area (Å²) in [6.45, 7) is 7.65. The average molecular weight is 251 g/mol. The first-order valence-corrected chi connectivity index (χ1v) is 7.25. The number of anilines is 1. The normalized spacial score (nSPS) is 26.9. The summed E-state index contributed by atoms with van der Waals surface area (Å²) < 4.78 is 0. The van der Waals surface area contributed by atoms with E-state index in [1.807, 2.05) is 30.9 Å². The zero-order valence-electron chi connectivity index (χ0n) is 10.8. The van der Waals surface area contributed by atoms with Gasteiger partial charge in [-0.05, 0) is 19.9 Å². The second kappa shape index (κ2) is 5.27. The zero-order chi connectivity index (χ0) is 12.4. The minimum Gasteiger partial charge on any atom is -0.352 e. The lowest BCUT2D eigenvalue weighted by atomic mass is 10.1. The fraction of sp³-hybridized carbons (Fsp3) is 0.615. The molecule has 1 aliphatic heterocycles. The number of hydrogen-bond donors (Lipinski definition) is 1. The SMILES string of the molecule is CC(N)c1cccnc1N1CCSC(C)C1C. The molecule has 0 aromatic carbocycles. The smallest absolute Gasteiger partial charge is 0.133 e. The predicted molar refractivity (Wildman–Crippen MR) is 75.6 cm³/mol. The highest BCUT2D eigenvalue weighted by Gasteiger charge is 2.27. The Morgan fingerprint density at radius 2 is 2.29 bits per heavy atom. The van der Waals surface area contributed by atoms with Crippen LogP contribution in [0.5, 0.6) is 0 Å². The molecule has 0 radical (unpaired) electrons. The molecule has 3 nitrogen and oxygen atoms in total. The fourth-order valence-electron chi connectivity index (χ4n) is 2.24. The van der Waals surface area contributed by atoms with Crippen molar-refractivity contribution in [1.29, 1.82) is 0 Å². The van der Waals surface area contributed by atoms with Gasteiger partial charge in [0.05, 0.1) is 0 Å². The number of rotatable bonds is 2.